The summed E-state index contributed by atoms with van der Waals surface area (Å²) in [6, 6.07) is 0.363. The fraction of sp³-hybridized carbons (Fsp3) is 1.00. The first kappa shape index (κ1) is 13.3. The molecule has 0 aromatic carbocycles. The van der Waals surface area contributed by atoms with E-state index in [0.717, 1.165) is 25.6 Å². The van der Waals surface area contributed by atoms with Gasteiger partial charge in [0.25, 0.3) is 0 Å². The van der Waals surface area contributed by atoms with Gasteiger partial charge in [-0.25, -0.2) is 0 Å². The largest absolute Gasteiger partial charge is 0.377 e. The van der Waals surface area contributed by atoms with E-state index in [9.17, 15) is 0 Å². The lowest BCUT2D eigenvalue weighted by Gasteiger charge is -2.31. The van der Waals surface area contributed by atoms with Crippen LogP contribution < -0.4 is 5.73 Å². The number of rotatable bonds is 5. The summed E-state index contributed by atoms with van der Waals surface area (Å²) in [6.07, 6.45) is 9.77. The molecule has 2 atom stereocenters. The van der Waals surface area contributed by atoms with Crippen LogP contribution in [-0.4, -0.2) is 43.8 Å². The van der Waals surface area contributed by atoms with Crippen molar-refractivity contribution in [3.8, 4) is 0 Å². The molecule has 0 aromatic heterocycles. The molecule has 1 heterocycles. The lowest BCUT2D eigenvalue weighted by atomic mass is 9.84. The number of nitrogens with zero attached hydrogens (tertiary/aromatic N) is 1. The molecule has 3 nitrogen and oxygen atoms in total. The minimum Gasteiger partial charge on any atom is -0.377 e. The molecule has 17 heavy (non-hydrogen) atoms. The van der Waals surface area contributed by atoms with E-state index in [0.29, 0.717) is 12.1 Å². The monoisotopic (exact) mass is 240 g/mol. The zero-order valence-corrected chi connectivity index (χ0v) is 11.2. The fourth-order valence-electron chi connectivity index (χ4n) is 3.28. The molecule has 0 bridgehead atoms. The number of likely N-dealkylation sites (N-methyl/N-ethyl adjacent to an activating group) is 1. The Hall–Kier alpha value is -0.120. The standard InChI is InChI=1S/C14H28N2O/c1-16(10-13-8-5-9-17-13)11-14(15)12-6-3-2-4-7-12/h12-14H,2-11,15H2,1H3. The lowest BCUT2D eigenvalue weighted by Crippen LogP contribution is -2.43. The van der Waals surface area contributed by atoms with E-state index in [2.05, 4.69) is 11.9 Å². The third-order valence-corrected chi connectivity index (χ3v) is 4.32. The Bertz CT molecular complexity index is 210. The van der Waals surface area contributed by atoms with Crippen LogP contribution in [0.5, 0.6) is 0 Å². The SMILES string of the molecule is CN(CC1CCCO1)CC(N)C1CCCCC1. The van der Waals surface area contributed by atoms with Gasteiger partial charge in [0, 0.05) is 25.7 Å². The topological polar surface area (TPSA) is 38.5 Å². The highest BCUT2D eigenvalue weighted by Gasteiger charge is 2.23. The smallest absolute Gasteiger partial charge is 0.0702 e. The summed E-state index contributed by atoms with van der Waals surface area (Å²) in [5.74, 6) is 0.760. The van der Waals surface area contributed by atoms with Gasteiger partial charge in [-0.1, -0.05) is 19.3 Å². The Morgan fingerprint density at radius 3 is 2.59 bits per heavy atom. The van der Waals surface area contributed by atoms with Crippen LogP contribution in [0.2, 0.25) is 0 Å². The van der Waals surface area contributed by atoms with Crippen LogP contribution in [-0.2, 0) is 4.74 Å². The minimum absolute atomic E-state index is 0.363. The summed E-state index contributed by atoms with van der Waals surface area (Å²) in [5, 5.41) is 0. The van der Waals surface area contributed by atoms with Crippen molar-refractivity contribution >= 4 is 0 Å². The summed E-state index contributed by atoms with van der Waals surface area (Å²) in [5.41, 5.74) is 6.34. The first-order chi connectivity index (χ1) is 8.25. The third-order valence-electron chi connectivity index (χ3n) is 4.32. The van der Waals surface area contributed by atoms with Crippen LogP contribution in [0, 0.1) is 5.92 Å². The van der Waals surface area contributed by atoms with Gasteiger partial charge in [0.05, 0.1) is 6.10 Å². The van der Waals surface area contributed by atoms with E-state index < -0.39 is 0 Å². The Morgan fingerprint density at radius 2 is 1.94 bits per heavy atom. The van der Waals surface area contributed by atoms with Gasteiger partial charge in [0.2, 0.25) is 0 Å². The molecule has 2 aliphatic rings. The molecule has 0 spiro atoms. The second-order valence-electron chi connectivity index (χ2n) is 5.92. The average molecular weight is 240 g/mol. The molecule has 2 unspecified atom stereocenters. The Balaban J connectivity index is 1.67. The zero-order chi connectivity index (χ0) is 12.1. The summed E-state index contributed by atoms with van der Waals surface area (Å²) >= 11 is 0. The summed E-state index contributed by atoms with van der Waals surface area (Å²) in [4.78, 5) is 2.37. The molecule has 3 heteroatoms. The molecule has 2 N–H and O–H groups in total. The molecule has 0 aromatic rings. The van der Waals surface area contributed by atoms with Crippen LogP contribution in [0.15, 0.2) is 0 Å². The number of hydrogen-bond acceptors (Lipinski definition) is 3. The van der Waals surface area contributed by atoms with Gasteiger partial charge >= 0.3 is 0 Å². The van der Waals surface area contributed by atoms with Gasteiger partial charge in [-0.3, -0.25) is 0 Å². The van der Waals surface area contributed by atoms with E-state index in [1.807, 2.05) is 0 Å². The molecule has 0 radical (unpaired) electrons. The molecular formula is C14H28N2O. The van der Waals surface area contributed by atoms with Crippen LogP contribution in [0.1, 0.15) is 44.9 Å². The Morgan fingerprint density at radius 1 is 1.18 bits per heavy atom. The molecule has 100 valence electrons. The first-order valence-electron chi connectivity index (χ1n) is 7.31. The van der Waals surface area contributed by atoms with Gasteiger partial charge in [-0.2, -0.15) is 0 Å². The van der Waals surface area contributed by atoms with Gasteiger partial charge in [0.15, 0.2) is 0 Å². The van der Waals surface area contributed by atoms with Gasteiger partial charge in [-0.05, 0) is 38.6 Å². The number of ether oxygens (including phenoxy) is 1. The van der Waals surface area contributed by atoms with Crippen molar-refractivity contribution in [1.82, 2.24) is 4.90 Å². The number of nitrogens with two attached hydrogens (primary N) is 1. The highest BCUT2D eigenvalue weighted by atomic mass is 16.5. The molecule has 1 saturated heterocycles. The van der Waals surface area contributed by atoms with Gasteiger partial charge < -0.3 is 15.4 Å². The highest BCUT2D eigenvalue weighted by molar-refractivity contribution is 4.80. The molecule has 0 amide bonds. The molecular weight excluding hydrogens is 212 g/mol. The second-order valence-corrected chi connectivity index (χ2v) is 5.92. The maximum absolute atomic E-state index is 6.34. The van der Waals surface area contributed by atoms with E-state index in [1.54, 1.807) is 0 Å². The average Bonchev–Trinajstić information content (AvgIpc) is 2.82. The predicted octanol–water partition coefficient (Wildman–Crippen LogP) is 2.00. The Kier molecular flexibility index (Phi) is 5.26. The van der Waals surface area contributed by atoms with Gasteiger partial charge in [0.1, 0.15) is 0 Å². The van der Waals surface area contributed by atoms with Crippen LogP contribution >= 0.6 is 0 Å². The Labute approximate surface area is 106 Å². The van der Waals surface area contributed by atoms with Crippen molar-refractivity contribution in [1.29, 1.82) is 0 Å². The van der Waals surface area contributed by atoms with Crippen LogP contribution in [0.3, 0.4) is 0 Å². The van der Waals surface area contributed by atoms with E-state index in [-0.39, 0.29) is 0 Å². The quantitative estimate of drug-likeness (QED) is 0.799. The maximum Gasteiger partial charge on any atom is 0.0702 e. The predicted molar refractivity (Wildman–Crippen MR) is 71.0 cm³/mol. The minimum atomic E-state index is 0.363. The molecule has 2 rings (SSSR count). The van der Waals surface area contributed by atoms with Crippen molar-refractivity contribution in [2.24, 2.45) is 11.7 Å². The van der Waals surface area contributed by atoms with Crippen LogP contribution in [0.25, 0.3) is 0 Å². The van der Waals surface area contributed by atoms with E-state index in [1.165, 1.54) is 44.9 Å². The van der Waals surface area contributed by atoms with Crippen molar-refractivity contribution in [3.63, 3.8) is 0 Å². The second kappa shape index (κ2) is 6.72. The summed E-state index contributed by atoms with van der Waals surface area (Å²) in [6.45, 7) is 3.04. The summed E-state index contributed by atoms with van der Waals surface area (Å²) < 4.78 is 5.67. The number of hydrogen-bond donors (Lipinski definition) is 1. The van der Waals surface area contributed by atoms with E-state index in [4.69, 9.17) is 10.5 Å². The first-order valence-corrected chi connectivity index (χ1v) is 7.31. The third kappa shape index (κ3) is 4.23. The van der Waals surface area contributed by atoms with Crippen LogP contribution in [0.4, 0.5) is 0 Å². The zero-order valence-electron chi connectivity index (χ0n) is 11.2. The maximum atomic E-state index is 6.34. The van der Waals surface area contributed by atoms with Crippen molar-refractivity contribution in [3.05, 3.63) is 0 Å². The fourth-order valence-corrected chi connectivity index (χ4v) is 3.28. The van der Waals surface area contributed by atoms with Crippen molar-refractivity contribution < 1.29 is 4.74 Å². The normalized spacial score (nSPS) is 28.8. The highest BCUT2D eigenvalue weighted by Crippen LogP contribution is 2.26. The molecule has 1 aliphatic carbocycles. The molecule has 2 fully saturated rings. The molecule has 1 aliphatic heterocycles. The van der Waals surface area contributed by atoms with Crippen molar-refractivity contribution in [2.75, 3.05) is 26.7 Å². The lowest BCUT2D eigenvalue weighted by molar-refractivity contribution is 0.0766. The molecule has 1 saturated carbocycles. The summed E-state index contributed by atoms with van der Waals surface area (Å²) in [7, 11) is 2.18. The van der Waals surface area contributed by atoms with Crippen molar-refractivity contribution in [2.45, 2.75) is 57.1 Å². The van der Waals surface area contributed by atoms with E-state index >= 15 is 0 Å². The van der Waals surface area contributed by atoms with Gasteiger partial charge in [-0.15, -0.1) is 0 Å².